The second kappa shape index (κ2) is 4.63. The van der Waals surface area contributed by atoms with Crippen molar-refractivity contribution in [2.24, 2.45) is 7.05 Å². The molecule has 4 nitrogen and oxygen atoms in total. The van der Waals surface area contributed by atoms with Gasteiger partial charge in [0, 0.05) is 17.5 Å². The molecule has 17 heavy (non-hydrogen) atoms. The van der Waals surface area contributed by atoms with Crippen LogP contribution in [0.15, 0.2) is 35.5 Å². The zero-order valence-electron chi connectivity index (χ0n) is 9.54. The Morgan fingerprint density at radius 3 is 2.53 bits per heavy atom. The van der Waals surface area contributed by atoms with Crippen LogP contribution in [0.1, 0.15) is 10.5 Å². The van der Waals surface area contributed by atoms with Crippen LogP contribution in [0.3, 0.4) is 0 Å². The average molecular weight is 248 g/mol. The van der Waals surface area contributed by atoms with E-state index in [0.29, 0.717) is 5.69 Å². The first-order chi connectivity index (χ1) is 8.13. The van der Waals surface area contributed by atoms with Crippen molar-refractivity contribution >= 4 is 17.7 Å². The van der Waals surface area contributed by atoms with Gasteiger partial charge in [-0.2, -0.15) is 0 Å². The van der Waals surface area contributed by atoms with Gasteiger partial charge in [0.2, 0.25) is 0 Å². The van der Waals surface area contributed by atoms with E-state index in [0.717, 1.165) is 10.5 Å². The highest BCUT2D eigenvalue weighted by atomic mass is 32.2. The van der Waals surface area contributed by atoms with Gasteiger partial charge in [-0.25, -0.2) is 9.78 Å². The average Bonchev–Trinajstić information content (AvgIpc) is 2.71. The summed E-state index contributed by atoms with van der Waals surface area (Å²) in [6, 6.07) is 7.70. The van der Waals surface area contributed by atoms with E-state index in [1.165, 1.54) is 10.9 Å². The molecule has 0 fully saturated rings. The first-order valence-corrected chi connectivity index (χ1v) is 6.25. The molecule has 1 aromatic carbocycles. The second-order valence-electron chi connectivity index (χ2n) is 3.59. The molecule has 0 aliphatic heterocycles. The van der Waals surface area contributed by atoms with Crippen molar-refractivity contribution in [1.29, 1.82) is 0 Å². The predicted molar refractivity (Wildman–Crippen MR) is 67.4 cm³/mol. The Balaban J connectivity index is 2.49. The molecule has 0 unspecified atom stereocenters. The quantitative estimate of drug-likeness (QED) is 0.848. The number of hydrogen-bond donors (Lipinski definition) is 1. The fourth-order valence-corrected chi connectivity index (χ4v) is 2.05. The van der Waals surface area contributed by atoms with Crippen LogP contribution in [0.4, 0.5) is 0 Å². The number of carboxylic acid groups (broad SMARTS) is 1. The minimum atomic E-state index is -0.964. The number of benzene rings is 1. The molecule has 0 atom stereocenters. The van der Waals surface area contributed by atoms with Gasteiger partial charge in [-0.1, -0.05) is 12.1 Å². The lowest BCUT2D eigenvalue weighted by Crippen LogP contribution is -2.05. The summed E-state index contributed by atoms with van der Waals surface area (Å²) >= 11 is 1.65. The number of aryl methyl sites for hydroxylation is 1. The molecule has 1 N–H and O–H groups in total. The van der Waals surface area contributed by atoms with Gasteiger partial charge in [-0.05, 0) is 18.4 Å². The molecule has 0 amide bonds. The molecular formula is C12H12N2O2S. The van der Waals surface area contributed by atoms with Gasteiger partial charge in [-0.3, -0.25) is 0 Å². The summed E-state index contributed by atoms with van der Waals surface area (Å²) in [5.41, 5.74) is 1.54. The van der Waals surface area contributed by atoms with E-state index in [9.17, 15) is 4.79 Å². The van der Waals surface area contributed by atoms with Crippen LogP contribution in [-0.4, -0.2) is 26.9 Å². The van der Waals surface area contributed by atoms with Crippen molar-refractivity contribution in [2.45, 2.75) is 4.90 Å². The van der Waals surface area contributed by atoms with Crippen LogP contribution in [0, 0.1) is 0 Å². The molecule has 0 aliphatic rings. The van der Waals surface area contributed by atoms with E-state index in [-0.39, 0.29) is 5.69 Å². The monoisotopic (exact) mass is 248 g/mol. The summed E-state index contributed by atoms with van der Waals surface area (Å²) in [5, 5.41) is 9.13. The first kappa shape index (κ1) is 11.7. The summed E-state index contributed by atoms with van der Waals surface area (Å²) < 4.78 is 1.51. The third-order valence-corrected chi connectivity index (χ3v) is 3.25. The van der Waals surface area contributed by atoms with E-state index >= 15 is 0 Å². The lowest BCUT2D eigenvalue weighted by Gasteiger charge is -2.02. The van der Waals surface area contributed by atoms with E-state index < -0.39 is 5.97 Å². The highest BCUT2D eigenvalue weighted by molar-refractivity contribution is 7.98. The van der Waals surface area contributed by atoms with Crippen LogP contribution in [0.2, 0.25) is 0 Å². The summed E-state index contributed by atoms with van der Waals surface area (Å²) in [4.78, 5) is 16.4. The van der Waals surface area contributed by atoms with Gasteiger partial charge in [0.1, 0.15) is 5.69 Å². The molecule has 0 saturated heterocycles. The topological polar surface area (TPSA) is 55.1 Å². The largest absolute Gasteiger partial charge is 0.477 e. The number of hydrogen-bond acceptors (Lipinski definition) is 3. The first-order valence-electron chi connectivity index (χ1n) is 5.02. The van der Waals surface area contributed by atoms with Crippen LogP contribution in [0.5, 0.6) is 0 Å². The van der Waals surface area contributed by atoms with Gasteiger partial charge < -0.3 is 9.67 Å². The minimum absolute atomic E-state index is 0.210. The van der Waals surface area contributed by atoms with Gasteiger partial charge in [0.05, 0.1) is 6.33 Å². The molecule has 1 aromatic heterocycles. The van der Waals surface area contributed by atoms with Gasteiger partial charge in [0.15, 0.2) is 5.69 Å². The molecule has 2 rings (SSSR count). The zero-order chi connectivity index (χ0) is 12.4. The Kier molecular flexibility index (Phi) is 3.19. The summed E-state index contributed by atoms with van der Waals surface area (Å²) in [6.07, 6.45) is 3.51. The van der Waals surface area contributed by atoms with Crippen molar-refractivity contribution in [3.05, 3.63) is 36.3 Å². The second-order valence-corrected chi connectivity index (χ2v) is 4.47. The Morgan fingerprint density at radius 1 is 1.35 bits per heavy atom. The smallest absolute Gasteiger partial charge is 0.354 e. The zero-order valence-corrected chi connectivity index (χ0v) is 10.4. The number of carboxylic acids is 1. The van der Waals surface area contributed by atoms with Crippen molar-refractivity contribution in [2.75, 3.05) is 6.26 Å². The van der Waals surface area contributed by atoms with Crippen LogP contribution < -0.4 is 0 Å². The Bertz CT molecular complexity index is 546. The molecule has 0 bridgehead atoms. The Morgan fingerprint density at radius 2 is 2.00 bits per heavy atom. The van der Waals surface area contributed by atoms with E-state index in [1.807, 2.05) is 30.5 Å². The van der Waals surface area contributed by atoms with E-state index in [1.54, 1.807) is 18.8 Å². The highest BCUT2D eigenvalue weighted by Crippen LogP contribution is 2.24. The number of nitrogens with zero attached hydrogens (tertiary/aromatic N) is 2. The van der Waals surface area contributed by atoms with Crippen molar-refractivity contribution < 1.29 is 9.90 Å². The third kappa shape index (κ3) is 2.19. The standard InChI is InChI=1S/C12H12N2O2S/c1-14-7-13-10(11(14)12(15)16)8-3-5-9(17-2)6-4-8/h3-7H,1-2H3,(H,15,16). The normalized spacial score (nSPS) is 10.5. The molecule has 0 saturated carbocycles. The maximum absolute atomic E-state index is 11.1. The lowest BCUT2D eigenvalue weighted by molar-refractivity contribution is 0.0687. The van der Waals surface area contributed by atoms with Crippen LogP contribution in [-0.2, 0) is 7.05 Å². The SMILES string of the molecule is CSc1ccc(-c2ncn(C)c2C(=O)O)cc1. The number of aromatic carboxylic acids is 1. The van der Waals surface area contributed by atoms with Gasteiger partial charge in [0.25, 0.3) is 0 Å². The number of rotatable bonds is 3. The molecule has 5 heteroatoms. The fourth-order valence-electron chi connectivity index (χ4n) is 1.64. The van der Waals surface area contributed by atoms with Crippen molar-refractivity contribution in [1.82, 2.24) is 9.55 Å². The van der Waals surface area contributed by atoms with Gasteiger partial charge in [-0.15, -0.1) is 11.8 Å². The van der Waals surface area contributed by atoms with E-state index in [2.05, 4.69) is 4.98 Å². The number of thioether (sulfide) groups is 1. The molecule has 2 aromatic rings. The van der Waals surface area contributed by atoms with Gasteiger partial charge >= 0.3 is 5.97 Å². The molecular weight excluding hydrogens is 236 g/mol. The summed E-state index contributed by atoms with van der Waals surface area (Å²) in [5.74, 6) is -0.964. The molecule has 1 heterocycles. The van der Waals surface area contributed by atoms with Crippen molar-refractivity contribution in [3.63, 3.8) is 0 Å². The summed E-state index contributed by atoms with van der Waals surface area (Å²) in [6.45, 7) is 0. The van der Waals surface area contributed by atoms with Crippen LogP contribution >= 0.6 is 11.8 Å². The number of imidazole rings is 1. The molecule has 88 valence electrons. The predicted octanol–water partition coefficient (Wildman–Crippen LogP) is 2.51. The molecule has 0 spiro atoms. The summed E-state index contributed by atoms with van der Waals surface area (Å²) in [7, 11) is 1.68. The Labute approximate surface area is 103 Å². The maximum atomic E-state index is 11.1. The third-order valence-electron chi connectivity index (χ3n) is 2.50. The Hall–Kier alpha value is -1.75. The highest BCUT2D eigenvalue weighted by Gasteiger charge is 2.17. The molecule has 0 radical (unpaired) electrons. The van der Waals surface area contributed by atoms with Crippen molar-refractivity contribution in [3.8, 4) is 11.3 Å². The number of carbonyl (C=O) groups is 1. The number of aromatic nitrogens is 2. The minimum Gasteiger partial charge on any atom is -0.477 e. The maximum Gasteiger partial charge on any atom is 0.354 e. The van der Waals surface area contributed by atoms with Crippen LogP contribution in [0.25, 0.3) is 11.3 Å². The molecule has 0 aliphatic carbocycles. The fraction of sp³-hybridized carbons (Fsp3) is 0.167. The van der Waals surface area contributed by atoms with E-state index in [4.69, 9.17) is 5.11 Å². The lowest BCUT2D eigenvalue weighted by atomic mass is 10.1.